The van der Waals surface area contributed by atoms with E-state index in [2.05, 4.69) is 24.9 Å². The first-order chi connectivity index (χ1) is 38.2. The van der Waals surface area contributed by atoms with Crippen molar-refractivity contribution in [3.05, 3.63) is 126 Å². The van der Waals surface area contributed by atoms with Crippen molar-refractivity contribution >= 4 is 23.4 Å². The van der Waals surface area contributed by atoms with E-state index in [1.807, 2.05) is 65.6 Å². The highest BCUT2D eigenvalue weighted by atomic mass is 16.7. The Balaban J connectivity index is 1.25. The molecular weight excluding hydrogens is 991 g/mol. The van der Waals surface area contributed by atoms with Crippen LogP contribution in [0.25, 0.3) is 0 Å². The zero-order valence-electron chi connectivity index (χ0n) is 46.0. The van der Waals surface area contributed by atoms with Crippen LogP contribution in [0.2, 0.25) is 0 Å². The number of ether oxygens (including phenoxy) is 7. The monoisotopic (exact) mass is 1070 g/mol. The topological polar surface area (TPSA) is 176 Å². The number of carbonyl (C=O) groups excluding carboxylic acids is 2. The van der Waals surface area contributed by atoms with Gasteiger partial charge in [0, 0.05) is 50.1 Å². The maximum atomic E-state index is 15.5. The molecule has 0 radical (unpaired) electrons. The van der Waals surface area contributed by atoms with Gasteiger partial charge in [-0.3, -0.25) is 10.1 Å². The van der Waals surface area contributed by atoms with Gasteiger partial charge in [0.2, 0.25) is 18.5 Å². The molecule has 2 amide bonds. The van der Waals surface area contributed by atoms with E-state index in [4.69, 9.17) is 43.2 Å². The van der Waals surface area contributed by atoms with Crippen molar-refractivity contribution in [3.63, 3.8) is 0 Å². The molecule has 6 unspecified atom stereocenters. The molecule has 4 aromatic carbocycles. The first kappa shape index (κ1) is 57.6. The number of methoxy groups -OCH3 is 2. The molecule has 3 N–H and O–H groups in total. The predicted octanol–water partition coefficient (Wildman–Crippen LogP) is 12.8. The number of hydrogen-bond acceptors (Lipinski definition) is 13. The summed E-state index contributed by atoms with van der Waals surface area (Å²) in [4.78, 5) is 37.6. The smallest absolute Gasteiger partial charge is 0.417 e. The van der Waals surface area contributed by atoms with E-state index in [9.17, 15) is 15.0 Å². The number of hydrogen-bond donors (Lipinski definition) is 3. The predicted molar refractivity (Wildman–Crippen MR) is 300 cm³/mol. The number of benzene rings is 4. The van der Waals surface area contributed by atoms with Gasteiger partial charge >= 0.3 is 6.09 Å². The molecule has 4 aliphatic rings. The fraction of sp³-hybridized carbons (Fsp3) is 0.508. The fourth-order valence-corrected chi connectivity index (χ4v) is 12.0. The summed E-state index contributed by atoms with van der Waals surface area (Å²) >= 11 is 0. The van der Waals surface area contributed by atoms with Gasteiger partial charge < -0.3 is 53.1 Å². The van der Waals surface area contributed by atoms with Crippen LogP contribution < -0.4 is 33.7 Å². The lowest BCUT2D eigenvalue weighted by molar-refractivity contribution is -0.258. The van der Waals surface area contributed by atoms with Crippen LogP contribution in [-0.4, -0.2) is 85.5 Å². The zero-order chi connectivity index (χ0) is 54.7. The average molecular weight is 1070 g/mol. The molecule has 15 heteroatoms. The summed E-state index contributed by atoms with van der Waals surface area (Å²) in [5, 5.41) is 28.2. The first-order valence-corrected chi connectivity index (χ1v) is 28.4. The Morgan fingerprint density at radius 2 is 1.53 bits per heavy atom. The van der Waals surface area contributed by atoms with E-state index in [-0.39, 0.29) is 75.6 Å². The van der Waals surface area contributed by atoms with Gasteiger partial charge in [0.25, 0.3) is 0 Å². The van der Waals surface area contributed by atoms with Crippen molar-refractivity contribution in [3.8, 4) is 34.5 Å². The van der Waals surface area contributed by atoms with Gasteiger partial charge in [-0.2, -0.15) is 0 Å². The van der Waals surface area contributed by atoms with Crippen LogP contribution in [0.1, 0.15) is 139 Å². The molecule has 0 aromatic heterocycles. The van der Waals surface area contributed by atoms with Crippen LogP contribution in [0.5, 0.6) is 34.5 Å². The molecular formula is C63H81N3O12. The van der Waals surface area contributed by atoms with Gasteiger partial charge in [-0.1, -0.05) is 125 Å². The van der Waals surface area contributed by atoms with Crippen molar-refractivity contribution in [1.82, 2.24) is 4.90 Å². The maximum absolute atomic E-state index is 15.5. The number of fused-ring (bicyclic) bond motifs is 3. The second-order valence-electron chi connectivity index (χ2n) is 20.9. The van der Waals surface area contributed by atoms with E-state index in [0.717, 1.165) is 73.6 Å². The minimum atomic E-state index is -1.50. The molecule has 0 bridgehead atoms. The van der Waals surface area contributed by atoms with Crippen LogP contribution in [-0.2, 0) is 27.5 Å². The van der Waals surface area contributed by atoms with Gasteiger partial charge in [0.15, 0.2) is 11.5 Å². The maximum Gasteiger partial charge on any atom is 0.417 e. The highest BCUT2D eigenvalue weighted by molar-refractivity contribution is 6.03. The summed E-state index contributed by atoms with van der Waals surface area (Å²) < 4.78 is 43.5. The Bertz CT molecular complexity index is 2660. The van der Waals surface area contributed by atoms with Gasteiger partial charge in [-0.05, 0) is 103 Å². The number of allylic oxidation sites excluding steroid dienone is 1. The van der Waals surface area contributed by atoms with Crippen LogP contribution in [0, 0.1) is 17.8 Å². The second-order valence-corrected chi connectivity index (χ2v) is 20.9. The highest BCUT2D eigenvalue weighted by Crippen LogP contribution is 2.62. The van der Waals surface area contributed by atoms with Crippen LogP contribution in [0.3, 0.4) is 0 Å². The summed E-state index contributed by atoms with van der Waals surface area (Å²) in [5.74, 6) is 0.504. The number of nitrogens with one attached hydrogen (secondary N) is 1. The van der Waals surface area contributed by atoms with Gasteiger partial charge in [-0.25, -0.2) is 4.79 Å². The Morgan fingerprint density at radius 1 is 0.795 bits per heavy atom. The van der Waals surface area contributed by atoms with Crippen LogP contribution >= 0.6 is 0 Å². The van der Waals surface area contributed by atoms with E-state index in [0.29, 0.717) is 59.4 Å². The largest absolute Gasteiger partial charge is 0.497 e. The Hall–Kier alpha value is -6.55. The van der Waals surface area contributed by atoms with E-state index in [1.54, 1.807) is 37.5 Å². The molecule has 15 nitrogen and oxygen atoms in total. The molecule has 78 heavy (non-hydrogen) atoms. The summed E-state index contributed by atoms with van der Waals surface area (Å²) in [5.41, 5.74) is 4.60. The molecule has 2 aliphatic heterocycles. The lowest BCUT2D eigenvalue weighted by Crippen LogP contribution is -2.70. The van der Waals surface area contributed by atoms with Crippen molar-refractivity contribution in [2.24, 2.45) is 22.9 Å². The number of aliphatic hydroxyl groups excluding tert-OH is 2. The Morgan fingerprint density at radius 3 is 2.27 bits per heavy atom. The molecule has 6 atom stereocenters. The molecule has 2 aliphatic carbocycles. The minimum Gasteiger partial charge on any atom is -0.497 e. The van der Waals surface area contributed by atoms with Gasteiger partial charge in [0.1, 0.15) is 35.6 Å². The molecule has 4 aromatic rings. The number of rotatable bonds is 31. The molecule has 1 saturated carbocycles. The quantitative estimate of drug-likeness (QED) is 0.0247. The first-order valence-electron chi connectivity index (χ1n) is 28.4. The second kappa shape index (κ2) is 28.9. The van der Waals surface area contributed by atoms with E-state index in [1.165, 1.54) is 39.2 Å². The molecule has 0 saturated heterocycles. The number of anilines is 1. The van der Waals surface area contributed by atoms with E-state index < -0.39 is 23.8 Å². The number of aliphatic hydroxyl groups is 2. The Kier molecular flexibility index (Phi) is 21.3. The number of carbonyl (C=O) groups is 2. The van der Waals surface area contributed by atoms with Crippen molar-refractivity contribution in [2.75, 3.05) is 46.1 Å². The lowest BCUT2D eigenvalue weighted by atomic mass is 9.55. The van der Waals surface area contributed by atoms with Crippen LogP contribution in [0.4, 0.5) is 10.5 Å². The molecule has 1 fully saturated rings. The van der Waals surface area contributed by atoms with Crippen molar-refractivity contribution in [1.29, 1.82) is 0 Å². The lowest BCUT2D eigenvalue weighted by Gasteiger charge is -2.60. The third-order valence-corrected chi connectivity index (χ3v) is 15.7. The fourth-order valence-electron chi connectivity index (χ4n) is 12.0. The molecule has 2 heterocycles. The van der Waals surface area contributed by atoms with Crippen LogP contribution in [0.15, 0.2) is 114 Å². The molecule has 8 rings (SSSR count). The molecule has 420 valence electrons. The van der Waals surface area contributed by atoms with Crippen molar-refractivity contribution < 1.29 is 57.8 Å². The Labute approximate surface area is 460 Å². The summed E-state index contributed by atoms with van der Waals surface area (Å²) in [7, 11) is 3.07. The number of nitrogens with zero attached hydrogens (tertiary/aromatic N) is 2. The highest BCUT2D eigenvalue weighted by Gasteiger charge is 2.65. The zero-order valence-corrected chi connectivity index (χ0v) is 46.0. The third-order valence-electron chi connectivity index (χ3n) is 15.7. The number of oxime groups is 1. The number of amides is 2. The molecule has 0 spiro atoms. The summed E-state index contributed by atoms with van der Waals surface area (Å²) in [6, 6.07) is 25.5. The summed E-state index contributed by atoms with van der Waals surface area (Å²) in [6.45, 7) is 7.13. The van der Waals surface area contributed by atoms with E-state index >= 15 is 4.79 Å². The SMILES string of the molecule is C=CCOC12Oc3ccc(OC(=O)Nc4ccc(OC)cc4OC)cc3C3C(CCCCO)C(CCCCO)C=C(C(=NOCc4ccccc4)CC1N(Cc1ccc4c(c1)OCO4)C(=O)CCCCCCCCCCC)C32. The normalized spacial score (nSPS) is 21.1. The summed E-state index contributed by atoms with van der Waals surface area (Å²) in [6.07, 6.45) is 18.2. The number of unbranched alkanes of at least 4 members (excludes halogenated alkanes) is 10. The van der Waals surface area contributed by atoms with Crippen molar-refractivity contribution in [2.45, 2.75) is 147 Å². The van der Waals surface area contributed by atoms with Gasteiger partial charge in [0.05, 0.1) is 38.1 Å². The minimum absolute atomic E-state index is 0.0150. The van der Waals surface area contributed by atoms with Gasteiger partial charge in [-0.15, -0.1) is 6.58 Å². The standard InChI is InChI=1S/C63H81N3O12/c1-5-7-8-9-10-11-12-13-17-26-59(69)66(41-45-27-31-55-57(36-45)74-43-73-55)58-40-53(65-76-42-44-22-15-14-16-23-44)50-37-46(24-18-20-33-67)49(25-19-21-34-68)60-51-38-48(29-32-54(51)78-63(58,61(50)60)75-35-6-2)77-62(70)64-52-30-28-47(71-3)39-56(52)72-4/h6,14-16,22-23,27-32,36-39,46,49,58,60-61,67-68H,2,5,7-13,17-21,24-26,33-35,40-43H2,1,3-4H3,(H,64,70). The third kappa shape index (κ3) is 14.2. The average Bonchev–Trinajstić information content (AvgIpc) is 2.78.